The summed E-state index contributed by atoms with van der Waals surface area (Å²) in [6.07, 6.45) is -0.570. The molecule has 17 heavy (non-hydrogen) atoms. The lowest BCUT2D eigenvalue weighted by atomic mass is 10.1. The number of amides is 1. The topological polar surface area (TPSA) is 55.8 Å². The minimum atomic E-state index is -0.500. The molecule has 2 atom stereocenters. The van der Waals surface area contributed by atoms with Crippen molar-refractivity contribution in [3.8, 4) is 0 Å². The molecule has 1 rings (SSSR count). The van der Waals surface area contributed by atoms with Gasteiger partial charge in [0.15, 0.2) is 0 Å². The molecular weight excluding hydrogens is 222 g/mol. The molecule has 2 unspecified atom stereocenters. The molecule has 1 aliphatic heterocycles. The summed E-state index contributed by atoms with van der Waals surface area (Å²) in [5, 5.41) is 0. The maximum atomic E-state index is 11.8. The highest BCUT2D eigenvalue weighted by molar-refractivity contribution is 5.69. The molecule has 0 aliphatic carbocycles. The van der Waals surface area contributed by atoms with Gasteiger partial charge in [-0.3, -0.25) is 4.79 Å². The second-order valence-corrected chi connectivity index (χ2v) is 5.51. The molecule has 0 aromatic carbocycles. The first-order valence-electron chi connectivity index (χ1n) is 5.84. The molecule has 5 heteroatoms. The van der Waals surface area contributed by atoms with E-state index in [2.05, 4.69) is 0 Å². The maximum Gasteiger partial charge on any atom is 0.410 e. The second-order valence-electron chi connectivity index (χ2n) is 5.51. The van der Waals surface area contributed by atoms with Crippen molar-refractivity contribution in [3.63, 3.8) is 0 Å². The third kappa shape index (κ3) is 4.24. The molecule has 0 aromatic rings. The summed E-state index contributed by atoms with van der Waals surface area (Å²) < 4.78 is 10.4. The Labute approximate surface area is 102 Å². The van der Waals surface area contributed by atoms with E-state index in [1.807, 2.05) is 27.7 Å². The van der Waals surface area contributed by atoms with Crippen molar-refractivity contribution in [3.05, 3.63) is 0 Å². The lowest BCUT2D eigenvalue weighted by molar-refractivity contribution is -0.147. The quantitative estimate of drug-likeness (QED) is 0.659. The predicted molar refractivity (Wildman–Crippen MR) is 62.5 cm³/mol. The second kappa shape index (κ2) is 4.94. The molecule has 0 radical (unpaired) electrons. The number of hydrogen-bond donors (Lipinski definition) is 0. The summed E-state index contributed by atoms with van der Waals surface area (Å²) in [6, 6.07) is 0. The van der Waals surface area contributed by atoms with Crippen LogP contribution in [0.15, 0.2) is 0 Å². The summed E-state index contributed by atoms with van der Waals surface area (Å²) in [4.78, 5) is 24.3. The Balaban J connectivity index is 2.53. The summed E-state index contributed by atoms with van der Waals surface area (Å²) in [6.45, 7) is 9.79. The largest absolute Gasteiger partial charge is 0.460 e. The number of nitrogens with zero attached hydrogens (tertiary/aromatic N) is 1. The summed E-state index contributed by atoms with van der Waals surface area (Å²) in [5.41, 5.74) is -0.500. The van der Waals surface area contributed by atoms with Crippen molar-refractivity contribution in [2.75, 3.05) is 13.1 Å². The van der Waals surface area contributed by atoms with Crippen LogP contribution in [-0.4, -0.2) is 41.8 Å². The summed E-state index contributed by atoms with van der Waals surface area (Å²) in [7, 11) is 0. The normalized spacial score (nSPS) is 24.6. The average Bonchev–Trinajstić information content (AvgIpc) is 2.44. The molecule has 0 bridgehead atoms. The molecule has 5 nitrogen and oxygen atoms in total. The number of esters is 1. The molecule has 0 saturated carbocycles. The third-order valence-corrected chi connectivity index (χ3v) is 2.51. The van der Waals surface area contributed by atoms with E-state index in [-0.39, 0.29) is 24.1 Å². The van der Waals surface area contributed by atoms with Gasteiger partial charge in [0.05, 0.1) is 6.54 Å². The van der Waals surface area contributed by atoms with Crippen LogP contribution in [0.3, 0.4) is 0 Å². The maximum absolute atomic E-state index is 11.8. The van der Waals surface area contributed by atoms with Crippen LogP contribution in [0.25, 0.3) is 0 Å². The third-order valence-electron chi connectivity index (χ3n) is 2.51. The minimum Gasteiger partial charge on any atom is -0.460 e. The molecule has 1 heterocycles. The van der Waals surface area contributed by atoms with Gasteiger partial charge < -0.3 is 14.4 Å². The Morgan fingerprint density at radius 1 is 1.24 bits per heavy atom. The van der Waals surface area contributed by atoms with Gasteiger partial charge in [-0.2, -0.15) is 0 Å². The number of rotatable bonds is 1. The highest BCUT2D eigenvalue weighted by atomic mass is 16.6. The Morgan fingerprint density at radius 2 is 1.82 bits per heavy atom. The molecule has 0 spiro atoms. The average molecular weight is 243 g/mol. The molecule has 0 N–H and O–H groups in total. The molecule has 1 aliphatic rings. The van der Waals surface area contributed by atoms with E-state index in [9.17, 15) is 9.59 Å². The fourth-order valence-corrected chi connectivity index (χ4v) is 1.78. The number of hydrogen-bond acceptors (Lipinski definition) is 4. The monoisotopic (exact) mass is 243 g/mol. The van der Waals surface area contributed by atoms with Gasteiger partial charge in [-0.1, -0.05) is 6.92 Å². The SMILES string of the molecule is CC(=O)OC1CN(C(=O)OC(C)(C)C)CC1C. The minimum absolute atomic E-state index is 0.145. The first-order chi connectivity index (χ1) is 7.69. The highest BCUT2D eigenvalue weighted by Gasteiger charge is 2.36. The van der Waals surface area contributed by atoms with Gasteiger partial charge >= 0.3 is 12.1 Å². The van der Waals surface area contributed by atoms with Gasteiger partial charge in [0.25, 0.3) is 0 Å². The van der Waals surface area contributed by atoms with Crippen molar-refractivity contribution in [1.82, 2.24) is 4.90 Å². The van der Waals surface area contributed by atoms with E-state index in [0.717, 1.165) is 0 Å². The van der Waals surface area contributed by atoms with Gasteiger partial charge in [-0.25, -0.2) is 4.79 Å². The van der Waals surface area contributed by atoms with Crippen LogP contribution < -0.4 is 0 Å². The van der Waals surface area contributed by atoms with Crippen LogP contribution in [0, 0.1) is 5.92 Å². The highest BCUT2D eigenvalue weighted by Crippen LogP contribution is 2.21. The van der Waals surface area contributed by atoms with Gasteiger partial charge in [-0.05, 0) is 20.8 Å². The number of ether oxygens (including phenoxy) is 2. The van der Waals surface area contributed by atoms with Crippen molar-refractivity contribution in [1.29, 1.82) is 0 Å². The van der Waals surface area contributed by atoms with Gasteiger partial charge in [0.1, 0.15) is 11.7 Å². The predicted octanol–water partition coefficient (Wildman–Crippen LogP) is 1.80. The lowest BCUT2D eigenvalue weighted by Gasteiger charge is -2.24. The van der Waals surface area contributed by atoms with E-state index in [1.54, 1.807) is 4.90 Å². The molecular formula is C12H21NO4. The molecule has 1 fully saturated rings. The first-order valence-corrected chi connectivity index (χ1v) is 5.84. The molecule has 0 aromatic heterocycles. The summed E-state index contributed by atoms with van der Waals surface area (Å²) >= 11 is 0. The molecule has 1 saturated heterocycles. The van der Waals surface area contributed by atoms with Crippen molar-refractivity contribution in [2.24, 2.45) is 5.92 Å². The molecule has 98 valence electrons. The smallest absolute Gasteiger partial charge is 0.410 e. The Morgan fingerprint density at radius 3 is 2.29 bits per heavy atom. The van der Waals surface area contributed by atoms with Crippen LogP contribution in [0.2, 0.25) is 0 Å². The zero-order chi connectivity index (χ0) is 13.2. The summed E-state index contributed by atoms with van der Waals surface area (Å²) in [5.74, 6) is -0.167. The van der Waals surface area contributed by atoms with E-state index < -0.39 is 5.60 Å². The van der Waals surface area contributed by atoms with Gasteiger partial charge in [-0.15, -0.1) is 0 Å². The number of carbonyl (C=O) groups is 2. The van der Waals surface area contributed by atoms with Crippen molar-refractivity contribution < 1.29 is 19.1 Å². The lowest BCUT2D eigenvalue weighted by Crippen LogP contribution is -2.36. The van der Waals surface area contributed by atoms with Crippen LogP contribution in [-0.2, 0) is 14.3 Å². The van der Waals surface area contributed by atoms with Crippen LogP contribution >= 0.6 is 0 Å². The standard InChI is InChI=1S/C12H21NO4/c1-8-6-13(7-10(8)16-9(2)14)11(15)17-12(3,4)5/h8,10H,6-7H2,1-5H3. The van der Waals surface area contributed by atoms with E-state index in [1.165, 1.54) is 6.92 Å². The van der Waals surface area contributed by atoms with E-state index in [4.69, 9.17) is 9.47 Å². The Kier molecular flexibility index (Phi) is 4.01. The van der Waals surface area contributed by atoms with Crippen LogP contribution in [0.4, 0.5) is 4.79 Å². The number of likely N-dealkylation sites (tertiary alicyclic amines) is 1. The Hall–Kier alpha value is -1.26. The van der Waals surface area contributed by atoms with E-state index in [0.29, 0.717) is 13.1 Å². The van der Waals surface area contributed by atoms with Crippen LogP contribution in [0.1, 0.15) is 34.6 Å². The van der Waals surface area contributed by atoms with Gasteiger partial charge in [0, 0.05) is 19.4 Å². The van der Waals surface area contributed by atoms with E-state index >= 15 is 0 Å². The zero-order valence-electron chi connectivity index (χ0n) is 11.1. The van der Waals surface area contributed by atoms with Crippen molar-refractivity contribution >= 4 is 12.1 Å². The fraction of sp³-hybridized carbons (Fsp3) is 0.833. The fourth-order valence-electron chi connectivity index (χ4n) is 1.78. The number of carbonyl (C=O) groups excluding carboxylic acids is 2. The van der Waals surface area contributed by atoms with Crippen molar-refractivity contribution in [2.45, 2.75) is 46.3 Å². The zero-order valence-corrected chi connectivity index (χ0v) is 11.1. The van der Waals surface area contributed by atoms with Gasteiger partial charge in [0.2, 0.25) is 0 Å². The Bertz CT molecular complexity index is 308. The van der Waals surface area contributed by atoms with Crippen LogP contribution in [0.5, 0.6) is 0 Å². The first kappa shape index (κ1) is 13.8. The molecule has 1 amide bonds.